The minimum atomic E-state index is -3.51. The first kappa shape index (κ1) is 25.4. The molecule has 0 aliphatic heterocycles. The predicted octanol–water partition coefficient (Wildman–Crippen LogP) is 5.09. The van der Waals surface area contributed by atoms with Gasteiger partial charge in [-0.05, 0) is 78.7 Å². The summed E-state index contributed by atoms with van der Waals surface area (Å²) in [5.41, 5.74) is 3.36. The molecule has 0 spiro atoms. The van der Waals surface area contributed by atoms with Gasteiger partial charge in [0.2, 0.25) is 10.0 Å². The fraction of sp³-hybridized carbons (Fsp3) is 0.500. The first-order valence-electron chi connectivity index (χ1n) is 11.6. The Balaban J connectivity index is 1.49. The summed E-state index contributed by atoms with van der Waals surface area (Å²) in [5.74, 6) is 1.32. The standard InChI is InChI=1S/C26H34FNO4S/c1-18(22-11-12-25(27)26(17-22)32-2)14-20-7-10-23(15-20)21-8-5-19(6-9-21)16-24(29)4-3-13-33(28,30)31/h5-6,8-9,11-12,17-18,20,23H,3-4,7,10,13-16H2,1-2H3,(H2,28,30,31)/t18-,20+,23+/m0/s1. The second-order valence-electron chi connectivity index (χ2n) is 9.33. The van der Waals surface area contributed by atoms with Crippen LogP contribution in [0.1, 0.15) is 74.0 Å². The maximum Gasteiger partial charge on any atom is 0.209 e. The Hall–Kier alpha value is -2.25. The molecule has 0 radical (unpaired) electrons. The van der Waals surface area contributed by atoms with Crippen molar-refractivity contribution < 1.29 is 22.3 Å². The molecule has 2 N–H and O–H groups in total. The number of ketones is 1. The van der Waals surface area contributed by atoms with E-state index >= 15 is 0 Å². The van der Waals surface area contributed by atoms with Gasteiger partial charge in [0.05, 0.1) is 12.9 Å². The number of ether oxygens (including phenoxy) is 1. The Morgan fingerprint density at radius 1 is 1.18 bits per heavy atom. The van der Waals surface area contributed by atoms with Gasteiger partial charge in [0, 0.05) is 12.8 Å². The molecule has 0 bridgehead atoms. The number of carbonyl (C=O) groups is 1. The quantitative estimate of drug-likeness (QED) is 0.490. The van der Waals surface area contributed by atoms with E-state index in [4.69, 9.17) is 9.88 Å². The average molecular weight is 476 g/mol. The summed E-state index contributed by atoms with van der Waals surface area (Å²) in [6, 6.07) is 13.4. The van der Waals surface area contributed by atoms with E-state index in [9.17, 15) is 17.6 Å². The molecule has 0 amide bonds. The second-order valence-corrected chi connectivity index (χ2v) is 11.1. The van der Waals surface area contributed by atoms with Crippen LogP contribution in [0.5, 0.6) is 5.75 Å². The highest BCUT2D eigenvalue weighted by Crippen LogP contribution is 2.42. The van der Waals surface area contributed by atoms with E-state index in [2.05, 4.69) is 19.1 Å². The average Bonchev–Trinajstić information content (AvgIpc) is 3.22. The molecule has 0 saturated heterocycles. The third-order valence-corrected chi connectivity index (χ3v) is 7.57. The zero-order chi connectivity index (χ0) is 24.0. The zero-order valence-corrected chi connectivity index (χ0v) is 20.2. The lowest BCUT2D eigenvalue weighted by Crippen LogP contribution is -2.17. The number of hydrogen-bond donors (Lipinski definition) is 1. The highest BCUT2D eigenvalue weighted by atomic mass is 32.2. The number of sulfonamides is 1. The summed E-state index contributed by atoms with van der Waals surface area (Å²) < 4.78 is 40.8. The lowest BCUT2D eigenvalue weighted by Gasteiger charge is -2.18. The van der Waals surface area contributed by atoms with Crippen molar-refractivity contribution in [3.8, 4) is 5.75 Å². The van der Waals surface area contributed by atoms with Gasteiger partial charge in [-0.3, -0.25) is 4.79 Å². The van der Waals surface area contributed by atoms with Crippen LogP contribution >= 0.6 is 0 Å². The van der Waals surface area contributed by atoms with E-state index in [0.29, 0.717) is 29.9 Å². The molecule has 0 aromatic heterocycles. The largest absolute Gasteiger partial charge is 0.494 e. The third-order valence-electron chi connectivity index (χ3n) is 6.71. The highest BCUT2D eigenvalue weighted by Gasteiger charge is 2.27. The summed E-state index contributed by atoms with van der Waals surface area (Å²) in [5, 5.41) is 4.98. The van der Waals surface area contributed by atoms with Gasteiger partial charge >= 0.3 is 0 Å². The van der Waals surface area contributed by atoms with Crippen LogP contribution in [0.4, 0.5) is 4.39 Å². The van der Waals surface area contributed by atoms with E-state index < -0.39 is 10.0 Å². The molecular weight excluding hydrogens is 441 g/mol. The normalized spacial score (nSPS) is 19.4. The number of benzene rings is 2. The minimum absolute atomic E-state index is 0.0266. The number of halogens is 1. The first-order valence-corrected chi connectivity index (χ1v) is 13.3. The van der Waals surface area contributed by atoms with Crippen molar-refractivity contribution in [1.82, 2.24) is 0 Å². The van der Waals surface area contributed by atoms with Crippen LogP contribution in [0.3, 0.4) is 0 Å². The van der Waals surface area contributed by atoms with Gasteiger partial charge < -0.3 is 4.74 Å². The van der Waals surface area contributed by atoms with Crippen molar-refractivity contribution in [2.24, 2.45) is 11.1 Å². The molecule has 1 saturated carbocycles. The summed E-state index contributed by atoms with van der Waals surface area (Å²) in [7, 11) is -2.02. The smallest absolute Gasteiger partial charge is 0.209 e. The van der Waals surface area contributed by atoms with Gasteiger partial charge in [-0.1, -0.05) is 37.3 Å². The van der Waals surface area contributed by atoms with Gasteiger partial charge in [0.1, 0.15) is 5.78 Å². The van der Waals surface area contributed by atoms with Crippen molar-refractivity contribution in [3.63, 3.8) is 0 Å². The molecule has 1 aliphatic carbocycles. The molecule has 2 aromatic carbocycles. The molecule has 180 valence electrons. The topological polar surface area (TPSA) is 86.5 Å². The van der Waals surface area contributed by atoms with Crippen molar-refractivity contribution in [3.05, 3.63) is 65.0 Å². The molecule has 7 heteroatoms. The summed E-state index contributed by atoms with van der Waals surface area (Å²) in [4.78, 5) is 12.1. The van der Waals surface area contributed by atoms with Gasteiger partial charge in [0.15, 0.2) is 11.6 Å². The Morgan fingerprint density at radius 2 is 1.91 bits per heavy atom. The number of nitrogens with two attached hydrogens (primary N) is 1. The molecule has 0 heterocycles. The van der Waals surface area contributed by atoms with E-state index in [1.54, 1.807) is 6.07 Å². The van der Waals surface area contributed by atoms with Gasteiger partial charge in [-0.15, -0.1) is 0 Å². The molecule has 1 aliphatic rings. The van der Waals surface area contributed by atoms with Crippen LogP contribution in [0.15, 0.2) is 42.5 Å². The monoisotopic (exact) mass is 475 g/mol. The van der Waals surface area contributed by atoms with Crippen LogP contribution < -0.4 is 9.88 Å². The van der Waals surface area contributed by atoms with E-state index in [1.165, 1.54) is 25.2 Å². The molecule has 33 heavy (non-hydrogen) atoms. The predicted molar refractivity (Wildman–Crippen MR) is 128 cm³/mol. The van der Waals surface area contributed by atoms with Gasteiger partial charge in [-0.2, -0.15) is 0 Å². The molecule has 2 aromatic rings. The molecule has 0 unspecified atom stereocenters. The molecule has 1 fully saturated rings. The number of Topliss-reactive ketones (excluding diaryl/α,β-unsaturated/α-hetero) is 1. The number of rotatable bonds is 11. The van der Waals surface area contributed by atoms with E-state index in [1.807, 2.05) is 18.2 Å². The van der Waals surface area contributed by atoms with Crippen LogP contribution in [0.2, 0.25) is 0 Å². The van der Waals surface area contributed by atoms with Gasteiger partial charge in [-0.25, -0.2) is 17.9 Å². The SMILES string of the molecule is COc1cc([C@@H](C)C[C@H]2CC[C@@H](c3ccc(CC(=O)CCCS(N)(=O)=O)cc3)C2)ccc1F. The van der Waals surface area contributed by atoms with Crippen LogP contribution in [-0.4, -0.2) is 27.1 Å². The molecule has 3 rings (SSSR count). The summed E-state index contributed by atoms with van der Waals surface area (Å²) in [6.45, 7) is 2.19. The highest BCUT2D eigenvalue weighted by molar-refractivity contribution is 7.89. The van der Waals surface area contributed by atoms with Crippen molar-refractivity contribution in [2.75, 3.05) is 12.9 Å². The second kappa shape index (κ2) is 11.3. The van der Waals surface area contributed by atoms with E-state index in [-0.39, 0.29) is 30.2 Å². The fourth-order valence-corrected chi connectivity index (χ4v) is 5.45. The minimum Gasteiger partial charge on any atom is -0.494 e. The molecule has 5 nitrogen and oxygen atoms in total. The number of methoxy groups -OCH3 is 1. The van der Waals surface area contributed by atoms with Gasteiger partial charge in [0.25, 0.3) is 0 Å². The third kappa shape index (κ3) is 7.64. The van der Waals surface area contributed by atoms with Crippen LogP contribution in [0.25, 0.3) is 0 Å². The number of hydrogen-bond acceptors (Lipinski definition) is 4. The number of primary sulfonamides is 1. The lowest BCUT2D eigenvalue weighted by atomic mass is 9.87. The van der Waals surface area contributed by atoms with Crippen molar-refractivity contribution in [1.29, 1.82) is 0 Å². The Kier molecular flexibility index (Phi) is 8.65. The maximum absolute atomic E-state index is 13.7. The summed E-state index contributed by atoms with van der Waals surface area (Å²) in [6.07, 6.45) is 5.33. The molecule has 3 atom stereocenters. The lowest BCUT2D eigenvalue weighted by molar-refractivity contribution is -0.118. The first-order chi connectivity index (χ1) is 15.6. The van der Waals surface area contributed by atoms with Crippen LogP contribution in [-0.2, 0) is 21.2 Å². The Morgan fingerprint density at radius 3 is 2.58 bits per heavy atom. The van der Waals surface area contributed by atoms with Crippen LogP contribution in [0, 0.1) is 11.7 Å². The number of carbonyl (C=O) groups excluding carboxylic acids is 1. The molecular formula is C26H34FNO4S. The van der Waals surface area contributed by atoms with Crippen molar-refractivity contribution in [2.45, 2.75) is 63.7 Å². The maximum atomic E-state index is 13.7. The Labute approximate surface area is 196 Å². The summed E-state index contributed by atoms with van der Waals surface area (Å²) >= 11 is 0. The zero-order valence-electron chi connectivity index (χ0n) is 19.4. The van der Waals surface area contributed by atoms with Crippen molar-refractivity contribution >= 4 is 15.8 Å². The van der Waals surface area contributed by atoms with E-state index in [0.717, 1.165) is 30.4 Å². The Bertz CT molecular complexity index is 1050. The fourth-order valence-electron chi connectivity index (χ4n) is 4.91.